The molecule has 0 spiro atoms. The minimum Gasteiger partial charge on any atom is -0.349 e. The number of aromatic nitrogens is 3. The van der Waals surface area contributed by atoms with Crippen molar-refractivity contribution in [3.8, 4) is 0 Å². The lowest BCUT2D eigenvalue weighted by molar-refractivity contribution is 0.693. The summed E-state index contributed by atoms with van der Waals surface area (Å²) >= 11 is 3.45. The largest absolute Gasteiger partial charge is 0.349 e. The van der Waals surface area contributed by atoms with Crippen molar-refractivity contribution in [1.82, 2.24) is 14.8 Å². The van der Waals surface area contributed by atoms with Crippen LogP contribution in [0.1, 0.15) is 35.8 Å². The fraction of sp³-hybridized carbons (Fsp3) is 0.467. The minimum absolute atomic E-state index is 0.400. The van der Waals surface area contributed by atoms with Gasteiger partial charge in [-0.25, -0.2) is 4.98 Å². The zero-order chi connectivity index (χ0) is 14.3. The maximum absolute atomic E-state index is 4.56. The highest BCUT2D eigenvalue weighted by Gasteiger charge is 2.31. The van der Waals surface area contributed by atoms with E-state index in [2.05, 4.69) is 56.9 Å². The Labute approximate surface area is 127 Å². The SMILES string of the molecule is Cc1nn(C)c(C)c1C1CCCN1c1ccc(Br)cn1. The maximum Gasteiger partial charge on any atom is 0.129 e. The van der Waals surface area contributed by atoms with Gasteiger partial charge < -0.3 is 4.90 Å². The summed E-state index contributed by atoms with van der Waals surface area (Å²) in [5.74, 6) is 1.05. The van der Waals surface area contributed by atoms with Crippen molar-refractivity contribution in [3.63, 3.8) is 0 Å². The number of nitrogens with zero attached hydrogens (tertiary/aromatic N) is 4. The maximum atomic E-state index is 4.56. The Morgan fingerprint density at radius 2 is 2.10 bits per heavy atom. The topological polar surface area (TPSA) is 34.0 Å². The van der Waals surface area contributed by atoms with Gasteiger partial charge in [0, 0.05) is 35.5 Å². The molecule has 0 radical (unpaired) electrons. The van der Waals surface area contributed by atoms with E-state index in [1.165, 1.54) is 24.1 Å². The molecule has 0 aliphatic carbocycles. The standard InChI is InChI=1S/C15H19BrN4/c1-10-15(11(2)19(3)18-10)13-5-4-8-20(13)14-7-6-12(16)9-17-14/h6-7,9,13H,4-5,8H2,1-3H3. The number of aryl methyl sites for hydroxylation is 2. The number of hydrogen-bond donors (Lipinski definition) is 0. The van der Waals surface area contributed by atoms with E-state index >= 15 is 0 Å². The lowest BCUT2D eigenvalue weighted by Gasteiger charge is -2.26. The van der Waals surface area contributed by atoms with E-state index in [0.717, 1.165) is 22.5 Å². The van der Waals surface area contributed by atoms with Crippen LogP contribution in [0.15, 0.2) is 22.8 Å². The highest BCUT2D eigenvalue weighted by Crippen LogP contribution is 2.37. The molecule has 2 aromatic heterocycles. The average Bonchev–Trinajstić information content (AvgIpc) is 2.97. The van der Waals surface area contributed by atoms with E-state index in [1.54, 1.807) is 0 Å². The molecule has 3 heterocycles. The number of pyridine rings is 1. The van der Waals surface area contributed by atoms with Gasteiger partial charge in [-0.05, 0) is 54.8 Å². The fourth-order valence-corrected chi connectivity index (χ4v) is 3.39. The summed E-state index contributed by atoms with van der Waals surface area (Å²) < 4.78 is 3.00. The molecule has 3 rings (SSSR count). The molecule has 0 bridgehead atoms. The summed E-state index contributed by atoms with van der Waals surface area (Å²) in [4.78, 5) is 6.96. The van der Waals surface area contributed by atoms with Crippen LogP contribution in [0, 0.1) is 13.8 Å². The number of rotatable bonds is 2. The van der Waals surface area contributed by atoms with Crippen molar-refractivity contribution >= 4 is 21.7 Å². The summed E-state index contributed by atoms with van der Waals surface area (Å²) in [6, 6.07) is 4.54. The van der Waals surface area contributed by atoms with Crippen molar-refractivity contribution in [2.75, 3.05) is 11.4 Å². The van der Waals surface area contributed by atoms with Crippen LogP contribution in [0.5, 0.6) is 0 Å². The summed E-state index contributed by atoms with van der Waals surface area (Å²) in [6.45, 7) is 5.32. The molecule has 1 aliphatic heterocycles. The second-order valence-electron chi connectivity index (χ2n) is 5.39. The van der Waals surface area contributed by atoms with Crippen molar-refractivity contribution < 1.29 is 0 Å². The first-order chi connectivity index (χ1) is 9.58. The molecule has 5 heteroatoms. The monoisotopic (exact) mass is 334 g/mol. The summed E-state index contributed by atoms with van der Waals surface area (Å²) in [6.07, 6.45) is 4.25. The average molecular weight is 335 g/mol. The summed E-state index contributed by atoms with van der Waals surface area (Å²) in [7, 11) is 2.02. The lowest BCUT2D eigenvalue weighted by atomic mass is 10.0. The third-order valence-electron chi connectivity index (χ3n) is 4.16. The predicted molar refractivity (Wildman–Crippen MR) is 83.9 cm³/mol. The van der Waals surface area contributed by atoms with E-state index in [9.17, 15) is 0 Å². The van der Waals surface area contributed by atoms with Gasteiger partial charge in [-0.1, -0.05) is 0 Å². The van der Waals surface area contributed by atoms with Crippen molar-refractivity contribution in [1.29, 1.82) is 0 Å². The number of halogens is 1. The molecule has 1 fully saturated rings. The molecule has 20 heavy (non-hydrogen) atoms. The van der Waals surface area contributed by atoms with Gasteiger partial charge in [0.2, 0.25) is 0 Å². The molecular formula is C15H19BrN4. The molecule has 106 valence electrons. The molecule has 1 atom stereocenters. The van der Waals surface area contributed by atoms with Gasteiger partial charge in [0.25, 0.3) is 0 Å². The molecule has 4 nitrogen and oxygen atoms in total. The molecule has 1 aliphatic rings. The molecular weight excluding hydrogens is 316 g/mol. The lowest BCUT2D eigenvalue weighted by Crippen LogP contribution is -2.24. The van der Waals surface area contributed by atoms with Gasteiger partial charge >= 0.3 is 0 Å². The third kappa shape index (κ3) is 2.24. The van der Waals surface area contributed by atoms with Gasteiger partial charge in [0.05, 0.1) is 11.7 Å². The molecule has 2 aromatic rings. The second kappa shape index (κ2) is 5.20. The van der Waals surface area contributed by atoms with E-state index in [-0.39, 0.29) is 0 Å². The Morgan fingerprint density at radius 1 is 1.30 bits per heavy atom. The van der Waals surface area contributed by atoms with E-state index in [4.69, 9.17) is 0 Å². The Morgan fingerprint density at radius 3 is 2.70 bits per heavy atom. The van der Waals surface area contributed by atoms with Crippen molar-refractivity contribution in [2.45, 2.75) is 32.7 Å². The number of hydrogen-bond acceptors (Lipinski definition) is 3. The Bertz CT molecular complexity index is 618. The fourth-order valence-electron chi connectivity index (χ4n) is 3.15. The van der Waals surface area contributed by atoms with Crippen LogP contribution in [0.3, 0.4) is 0 Å². The van der Waals surface area contributed by atoms with Crippen LogP contribution in [0.4, 0.5) is 5.82 Å². The summed E-state index contributed by atoms with van der Waals surface area (Å²) in [5.41, 5.74) is 3.77. The van der Waals surface area contributed by atoms with Crippen LogP contribution in [0.25, 0.3) is 0 Å². The minimum atomic E-state index is 0.400. The summed E-state index contributed by atoms with van der Waals surface area (Å²) in [5, 5.41) is 4.56. The Hall–Kier alpha value is -1.36. The smallest absolute Gasteiger partial charge is 0.129 e. The van der Waals surface area contributed by atoms with Crippen LogP contribution < -0.4 is 4.90 Å². The first kappa shape index (κ1) is 13.6. The van der Waals surface area contributed by atoms with Gasteiger partial charge in [-0.15, -0.1) is 0 Å². The Kier molecular flexibility index (Phi) is 3.54. The van der Waals surface area contributed by atoms with Crippen molar-refractivity contribution in [2.24, 2.45) is 7.05 Å². The zero-order valence-corrected chi connectivity index (χ0v) is 13.7. The molecule has 0 amide bonds. The van der Waals surface area contributed by atoms with Gasteiger partial charge in [0.1, 0.15) is 5.82 Å². The second-order valence-corrected chi connectivity index (χ2v) is 6.31. The van der Waals surface area contributed by atoms with Crippen LogP contribution in [-0.2, 0) is 7.05 Å². The van der Waals surface area contributed by atoms with Crippen LogP contribution in [-0.4, -0.2) is 21.3 Å². The van der Waals surface area contributed by atoms with Gasteiger partial charge in [-0.2, -0.15) is 5.10 Å². The van der Waals surface area contributed by atoms with Gasteiger partial charge in [-0.3, -0.25) is 4.68 Å². The molecule has 1 unspecified atom stereocenters. The predicted octanol–water partition coefficient (Wildman–Crippen LogP) is 3.54. The number of anilines is 1. The molecule has 1 saturated heterocycles. The quantitative estimate of drug-likeness (QED) is 0.842. The first-order valence-corrected chi connectivity index (χ1v) is 7.75. The van der Waals surface area contributed by atoms with E-state index < -0.39 is 0 Å². The Balaban J connectivity index is 1.98. The zero-order valence-electron chi connectivity index (χ0n) is 12.1. The van der Waals surface area contributed by atoms with Crippen LogP contribution >= 0.6 is 15.9 Å². The first-order valence-electron chi connectivity index (χ1n) is 6.96. The third-order valence-corrected chi connectivity index (χ3v) is 4.63. The van der Waals surface area contributed by atoms with E-state index in [0.29, 0.717) is 6.04 Å². The highest BCUT2D eigenvalue weighted by molar-refractivity contribution is 9.10. The van der Waals surface area contributed by atoms with Gasteiger partial charge in [0.15, 0.2) is 0 Å². The van der Waals surface area contributed by atoms with Crippen LogP contribution in [0.2, 0.25) is 0 Å². The highest BCUT2D eigenvalue weighted by atomic mass is 79.9. The molecule has 0 aromatic carbocycles. The molecule has 0 N–H and O–H groups in total. The van der Waals surface area contributed by atoms with E-state index in [1.807, 2.05) is 17.9 Å². The molecule has 0 saturated carbocycles. The normalized spacial score (nSPS) is 18.8. The van der Waals surface area contributed by atoms with Crippen molar-refractivity contribution in [3.05, 3.63) is 39.8 Å².